The standard InChI is InChI=1S/C19H29Cl3NO13P/c1-6-31-37(28,32-7-2)36-17-14(23-18(27)30-9-19(20,21)22)16(34-12(5)26)15(33-11(4)25)13(35-17)8-29-10(3)24/h13-17H,6-9H2,1-5H3,(H,23,27)/t13-,14-,15-,16-,17+/m1/s1. The summed E-state index contributed by atoms with van der Waals surface area (Å²) in [6.45, 7) is 4.85. The number of carbonyl (C=O) groups is 4. The van der Waals surface area contributed by atoms with Gasteiger partial charge in [0.25, 0.3) is 0 Å². The Bertz CT molecular complexity index is 846. The molecule has 0 aliphatic carbocycles. The minimum absolute atomic E-state index is 0.103. The molecule has 0 spiro atoms. The van der Waals surface area contributed by atoms with Gasteiger partial charge in [-0.15, -0.1) is 0 Å². The van der Waals surface area contributed by atoms with Crippen molar-refractivity contribution in [2.45, 2.75) is 69.1 Å². The molecule has 1 rings (SSSR count). The Balaban J connectivity index is 3.49. The molecule has 0 aromatic rings. The van der Waals surface area contributed by atoms with Gasteiger partial charge in [-0.05, 0) is 13.8 Å². The molecular formula is C19H29Cl3NO13P. The van der Waals surface area contributed by atoms with Gasteiger partial charge in [-0.25, -0.2) is 9.36 Å². The van der Waals surface area contributed by atoms with Gasteiger partial charge in [-0.3, -0.25) is 28.0 Å². The molecular weight excluding hydrogens is 588 g/mol. The van der Waals surface area contributed by atoms with Crippen LogP contribution in [0.1, 0.15) is 34.6 Å². The van der Waals surface area contributed by atoms with Crippen molar-refractivity contribution < 1.29 is 61.0 Å². The first-order valence-electron chi connectivity index (χ1n) is 10.8. The number of alkyl carbamates (subject to hydrolysis) is 1. The summed E-state index contributed by atoms with van der Waals surface area (Å²) in [6, 6.07) is -1.56. The average Bonchev–Trinajstić information content (AvgIpc) is 2.74. The number of amides is 1. The third kappa shape index (κ3) is 12.3. The Hall–Kier alpha value is -1.38. The molecule has 0 bridgehead atoms. The van der Waals surface area contributed by atoms with Crippen LogP contribution >= 0.6 is 42.6 Å². The van der Waals surface area contributed by atoms with E-state index in [4.69, 9.17) is 72.1 Å². The minimum atomic E-state index is -4.32. The monoisotopic (exact) mass is 615 g/mol. The normalized spacial score (nSPS) is 24.1. The van der Waals surface area contributed by atoms with Gasteiger partial charge in [0.1, 0.15) is 25.4 Å². The maximum atomic E-state index is 13.1. The summed E-state index contributed by atoms with van der Waals surface area (Å²) in [5, 5.41) is 2.30. The predicted octanol–water partition coefficient (Wildman–Crippen LogP) is 2.80. The highest BCUT2D eigenvalue weighted by atomic mass is 35.6. The summed E-state index contributed by atoms with van der Waals surface area (Å²) >= 11 is 16.8. The number of carbonyl (C=O) groups excluding carboxylic acids is 4. The molecule has 14 nitrogen and oxygen atoms in total. The fourth-order valence-electron chi connectivity index (χ4n) is 3.01. The van der Waals surface area contributed by atoms with Gasteiger partial charge in [-0.1, -0.05) is 34.8 Å². The molecule has 1 amide bonds. The molecule has 1 saturated heterocycles. The van der Waals surface area contributed by atoms with Crippen LogP contribution in [0.2, 0.25) is 0 Å². The highest BCUT2D eigenvalue weighted by Gasteiger charge is 2.54. The van der Waals surface area contributed by atoms with Crippen LogP contribution in [0.4, 0.5) is 4.79 Å². The van der Waals surface area contributed by atoms with Crippen molar-refractivity contribution in [1.82, 2.24) is 5.32 Å². The second-order valence-electron chi connectivity index (χ2n) is 7.24. The number of rotatable bonds is 12. The summed E-state index contributed by atoms with van der Waals surface area (Å²) in [4.78, 5) is 47.8. The summed E-state index contributed by atoms with van der Waals surface area (Å²) in [6.07, 6.45) is -7.27. The summed E-state index contributed by atoms with van der Waals surface area (Å²) < 4.78 is 53.1. The maximum absolute atomic E-state index is 13.1. The van der Waals surface area contributed by atoms with Gasteiger partial charge in [0.05, 0.1) is 13.2 Å². The third-order valence-corrected chi connectivity index (χ3v) is 6.10. The Kier molecular flexibility index (Phi) is 13.9. The van der Waals surface area contributed by atoms with E-state index < -0.39 is 79.5 Å². The van der Waals surface area contributed by atoms with E-state index >= 15 is 0 Å². The van der Waals surface area contributed by atoms with Crippen molar-refractivity contribution in [2.24, 2.45) is 0 Å². The summed E-state index contributed by atoms with van der Waals surface area (Å²) in [5.74, 6) is -2.41. The van der Waals surface area contributed by atoms with E-state index in [0.29, 0.717) is 0 Å². The van der Waals surface area contributed by atoms with Crippen LogP contribution < -0.4 is 5.32 Å². The highest BCUT2D eigenvalue weighted by molar-refractivity contribution is 7.48. The zero-order valence-electron chi connectivity index (χ0n) is 20.6. The quantitative estimate of drug-likeness (QED) is 0.147. The van der Waals surface area contributed by atoms with E-state index in [-0.39, 0.29) is 13.2 Å². The molecule has 1 N–H and O–H groups in total. The lowest BCUT2D eigenvalue weighted by atomic mass is 9.96. The molecule has 1 aliphatic rings. The first kappa shape index (κ1) is 33.6. The minimum Gasteiger partial charge on any atom is -0.463 e. The fraction of sp³-hybridized carbons (Fsp3) is 0.789. The van der Waals surface area contributed by atoms with Crippen molar-refractivity contribution in [3.63, 3.8) is 0 Å². The van der Waals surface area contributed by atoms with Crippen LogP contribution in [0.25, 0.3) is 0 Å². The van der Waals surface area contributed by atoms with E-state index in [1.54, 1.807) is 0 Å². The van der Waals surface area contributed by atoms with Gasteiger partial charge in [-0.2, -0.15) is 0 Å². The number of halogens is 3. The van der Waals surface area contributed by atoms with Gasteiger partial charge in [0, 0.05) is 20.8 Å². The number of phosphoric ester groups is 1. The highest BCUT2D eigenvalue weighted by Crippen LogP contribution is 2.52. The van der Waals surface area contributed by atoms with Gasteiger partial charge in [0.2, 0.25) is 3.79 Å². The van der Waals surface area contributed by atoms with Gasteiger partial charge in [0.15, 0.2) is 18.5 Å². The molecule has 18 heteroatoms. The van der Waals surface area contributed by atoms with Crippen LogP contribution in [-0.4, -0.2) is 84.9 Å². The maximum Gasteiger partial charge on any atom is 0.477 e. The van der Waals surface area contributed by atoms with Crippen LogP contribution in [0.3, 0.4) is 0 Å². The first-order valence-corrected chi connectivity index (χ1v) is 13.4. The fourth-order valence-corrected chi connectivity index (χ4v) is 4.44. The molecule has 0 saturated carbocycles. The van der Waals surface area contributed by atoms with Crippen molar-refractivity contribution in [1.29, 1.82) is 0 Å². The molecule has 214 valence electrons. The third-order valence-electron chi connectivity index (χ3n) is 4.16. The molecule has 0 radical (unpaired) electrons. The van der Waals surface area contributed by atoms with E-state index in [0.717, 1.165) is 20.8 Å². The molecule has 5 atom stereocenters. The molecule has 0 unspecified atom stereocenters. The van der Waals surface area contributed by atoms with E-state index in [9.17, 15) is 23.7 Å². The van der Waals surface area contributed by atoms with Crippen LogP contribution in [0.5, 0.6) is 0 Å². The number of nitrogens with one attached hydrogen (secondary N) is 1. The topological polar surface area (TPSA) is 171 Å². The van der Waals surface area contributed by atoms with E-state index in [2.05, 4.69) is 5.32 Å². The van der Waals surface area contributed by atoms with Crippen molar-refractivity contribution in [2.75, 3.05) is 26.4 Å². The van der Waals surface area contributed by atoms with Gasteiger partial charge < -0.3 is 29.0 Å². The van der Waals surface area contributed by atoms with E-state index in [1.165, 1.54) is 13.8 Å². The average molecular weight is 617 g/mol. The van der Waals surface area contributed by atoms with Crippen molar-refractivity contribution in [3.05, 3.63) is 0 Å². The lowest BCUT2D eigenvalue weighted by Crippen LogP contribution is -2.66. The number of ether oxygens (including phenoxy) is 5. The van der Waals surface area contributed by atoms with Gasteiger partial charge >= 0.3 is 31.8 Å². The lowest BCUT2D eigenvalue weighted by molar-refractivity contribution is -0.260. The molecule has 1 aliphatic heterocycles. The van der Waals surface area contributed by atoms with Crippen LogP contribution in [0, 0.1) is 0 Å². The molecule has 1 fully saturated rings. The van der Waals surface area contributed by atoms with Crippen molar-refractivity contribution in [3.8, 4) is 0 Å². The second-order valence-corrected chi connectivity index (χ2v) is 11.4. The SMILES string of the molecule is CCOP(=O)(OCC)O[C@@H]1O[C@H](COC(C)=O)[C@@H](OC(C)=O)[C@H](OC(C)=O)[C@H]1NC(=O)OCC(Cl)(Cl)Cl. The molecule has 1 heterocycles. The zero-order valence-corrected chi connectivity index (χ0v) is 23.8. The number of alkyl halides is 3. The summed E-state index contributed by atoms with van der Waals surface area (Å²) in [7, 11) is -4.32. The largest absolute Gasteiger partial charge is 0.477 e. The lowest BCUT2D eigenvalue weighted by Gasteiger charge is -2.44. The van der Waals surface area contributed by atoms with Crippen molar-refractivity contribution >= 4 is 66.6 Å². The van der Waals surface area contributed by atoms with Crippen LogP contribution in [-0.2, 0) is 56.2 Å². The predicted molar refractivity (Wildman–Crippen MR) is 127 cm³/mol. The molecule has 37 heavy (non-hydrogen) atoms. The molecule has 0 aromatic heterocycles. The second kappa shape index (κ2) is 15.3. The number of phosphoric acid groups is 1. The first-order chi connectivity index (χ1) is 17.1. The Morgan fingerprint density at radius 1 is 0.892 bits per heavy atom. The number of hydrogen-bond acceptors (Lipinski definition) is 13. The van der Waals surface area contributed by atoms with Crippen LogP contribution in [0.15, 0.2) is 0 Å². The number of esters is 3. The number of hydrogen-bond donors (Lipinski definition) is 1. The summed E-state index contributed by atoms with van der Waals surface area (Å²) in [5.41, 5.74) is 0. The molecule has 0 aromatic carbocycles. The van der Waals surface area contributed by atoms with E-state index in [1.807, 2.05) is 0 Å². The smallest absolute Gasteiger partial charge is 0.463 e. The Labute approximate surface area is 228 Å². The zero-order chi connectivity index (χ0) is 28.4. The Morgan fingerprint density at radius 2 is 1.43 bits per heavy atom. The Morgan fingerprint density at radius 3 is 1.89 bits per heavy atom.